The van der Waals surface area contributed by atoms with Crippen LogP contribution in [0.2, 0.25) is 0 Å². The molecule has 0 amide bonds. The SMILES string of the molecule is CCn1c(-c2ccccc2OC)ccc(N)c1=O. The average molecular weight is 244 g/mol. The molecule has 1 aromatic heterocycles. The second kappa shape index (κ2) is 4.96. The summed E-state index contributed by atoms with van der Waals surface area (Å²) < 4.78 is 6.97. The van der Waals surface area contributed by atoms with E-state index in [4.69, 9.17) is 10.5 Å². The lowest BCUT2D eigenvalue weighted by molar-refractivity contribution is 0.416. The van der Waals surface area contributed by atoms with Crippen molar-refractivity contribution in [2.75, 3.05) is 12.8 Å². The summed E-state index contributed by atoms with van der Waals surface area (Å²) in [7, 11) is 1.62. The van der Waals surface area contributed by atoms with E-state index in [0.29, 0.717) is 6.54 Å². The number of anilines is 1. The number of ether oxygens (including phenoxy) is 1. The topological polar surface area (TPSA) is 57.2 Å². The minimum absolute atomic E-state index is 0.166. The summed E-state index contributed by atoms with van der Waals surface area (Å²) in [6.45, 7) is 2.48. The molecule has 0 spiro atoms. The maximum atomic E-state index is 12.0. The molecule has 2 N–H and O–H groups in total. The number of aromatic nitrogens is 1. The van der Waals surface area contributed by atoms with Gasteiger partial charge in [-0.25, -0.2) is 0 Å². The Hall–Kier alpha value is -2.23. The van der Waals surface area contributed by atoms with Gasteiger partial charge in [0.05, 0.1) is 18.5 Å². The van der Waals surface area contributed by atoms with Gasteiger partial charge in [0.1, 0.15) is 5.75 Å². The van der Waals surface area contributed by atoms with Crippen molar-refractivity contribution in [1.82, 2.24) is 4.57 Å². The first kappa shape index (κ1) is 12.2. The fourth-order valence-corrected chi connectivity index (χ4v) is 2.00. The van der Waals surface area contributed by atoms with Gasteiger partial charge in [-0.2, -0.15) is 0 Å². The first-order chi connectivity index (χ1) is 8.69. The third-order valence-corrected chi connectivity index (χ3v) is 2.90. The lowest BCUT2D eigenvalue weighted by atomic mass is 10.1. The highest BCUT2D eigenvalue weighted by molar-refractivity contribution is 5.68. The molecule has 0 fully saturated rings. The van der Waals surface area contributed by atoms with Gasteiger partial charge in [-0.15, -0.1) is 0 Å². The van der Waals surface area contributed by atoms with Gasteiger partial charge in [-0.1, -0.05) is 12.1 Å². The van der Waals surface area contributed by atoms with E-state index in [0.717, 1.165) is 17.0 Å². The van der Waals surface area contributed by atoms with Gasteiger partial charge >= 0.3 is 0 Å². The van der Waals surface area contributed by atoms with Crippen LogP contribution in [-0.2, 0) is 6.54 Å². The van der Waals surface area contributed by atoms with Crippen LogP contribution in [0.4, 0.5) is 5.69 Å². The summed E-state index contributed by atoms with van der Waals surface area (Å²) in [6.07, 6.45) is 0. The Bertz CT molecular complexity index is 617. The van der Waals surface area contributed by atoms with Gasteiger partial charge in [0.25, 0.3) is 5.56 Å². The molecule has 18 heavy (non-hydrogen) atoms. The Balaban J connectivity index is 2.71. The van der Waals surface area contributed by atoms with E-state index in [1.54, 1.807) is 17.7 Å². The van der Waals surface area contributed by atoms with E-state index in [1.165, 1.54) is 0 Å². The molecular formula is C14H16N2O2. The number of pyridine rings is 1. The standard InChI is InChI=1S/C14H16N2O2/c1-3-16-12(9-8-11(15)14(16)17)10-6-4-5-7-13(10)18-2/h4-9H,3,15H2,1-2H3. The average Bonchev–Trinajstić information content (AvgIpc) is 2.41. The third kappa shape index (κ3) is 1.97. The fraction of sp³-hybridized carbons (Fsp3) is 0.214. The Labute approximate surface area is 106 Å². The molecule has 0 atom stereocenters. The summed E-state index contributed by atoms with van der Waals surface area (Å²) in [5, 5.41) is 0. The van der Waals surface area contributed by atoms with Crippen molar-refractivity contribution in [2.24, 2.45) is 0 Å². The zero-order chi connectivity index (χ0) is 13.1. The Morgan fingerprint density at radius 1 is 1.22 bits per heavy atom. The van der Waals surface area contributed by atoms with Crippen LogP contribution in [0.15, 0.2) is 41.2 Å². The smallest absolute Gasteiger partial charge is 0.274 e. The summed E-state index contributed by atoms with van der Waals surface area (Å²) >= 11 is 0. The van der Waals surface area contributed by atoms with Crippen LogP contribution < -0.4 is 16.0 Å². The minimum Gasteiger partial charge on any atom is -0.496 e. The molecule has 2 aromatic rings. The first-order valence-corrected chi connectivity index (χ1v) is 5.81. The van der Waals surface area contributed by atoms with E-state index in [2.05, 4.69) is 0 Å². The first-order valence-electron chi connectivity index (χ1n) is 5.81. The van der Waals surface area contributed by atoms with Crippen molar-refractivity contribution in [1.29, 1.82) is 0 Å². The zero-order valence-electron chi connectivity index (χ0n) is 10.5. The van der Waals surface area contributed by atoms with Crippen molar-refractivity contribution in [3.63, 3.8) is 0 Å². The summed E-state index contributed by atoms with van der Waals surface area (Å²) in [5.74, 6) is 0.740. The molecule has 2 rings (SSSR count). The maximum absolute atomic E-state index is 12.0. The second-order valence-corrected chi connectivity index (χ2v) is 3.92. The van der Waals surface area contributed by atoms with E-state index < -0.39 is 0 Å². The summed E-state index contributed by atoms with van der Waals surface area (Å²) in [4.78, 5) is 12.0. The molecular weight excluding hydrogens is 228 g/mol. The quantitative estimate of drug-likeness (QED) is 0.899. The fourth-order valence-electron chi connectivity index (χ4n) is 2.00. The van der Waals surface area contributed by atoms with Gasteiger partial charge in [-0.3, -0.25) is 4.79 Å². The van der Waals surface area contributed by atoms with Crippen LogP contribution in [-0.4, -0.2) is 11.7 Å². The molecule has 0 aliphatic rings. The van der Waals surface area contributed by atoms with Crippen LogP contribution in [0.1, 0.15) is 6.92 Å². The molecule has 0 radical (unpaired) electrons. The summed E-state index contributed by atoms with van der Waals surface area (Å²) in [5.41, 5.74) is 7.44. The Morgan fingerprint density at radius 3 is 2.61 bits per heavy atom. The lowest BCUT2D eigenvalue weighted by Gasteiger charge is -2.14. The number of hydrogen-bond donors (Lipinski definition) is 1. The molecule has 4 nitrogen and oxygen atoms in total. The van der Waals surface area contributed by atoms with Crippen LogP contribution in [0.3, 0.4) is 0 Å². The highest BCUT2D eigenvalue weighted by Gasteiger charge is 2.11. The number of hydrogen-bond acceptors (Lipinski definition) is 3. The molecule has 1 heterocycles. The van der Waals surface area contributed by atoms with Crippen LogP contribution >= 0.6 is 0 Å². The lowest BCUT2D eigenvalue weighted by Crippen LogP contribution is -2.23. The largest absolute Gasteiger partial charge is 0.496 e. The molecule has 0 aliphatic carbocycles. The number of nitrogens with zero attached hydrogens (tertiary/aromatic N) is 1. The predicted molar refractivity (Wildman–Crippen MR) is 72.8 cm³/mol. The highest BCUT2D eigenvalue weighted by atomic mass is 16.5. The van der Waals surface area contributed by atoms with E-state index in [1.807, 2.05) is 37.3 Å². The maximum Gasteiger partial charge on any atom is 0.274 e. The van der Waals surface area contributed by atoms with Crippen molar-refractivity contribution in [2.45, 2.75) is 13.5 Å². The molecule has 0 unspecified atom stereocenters. The van der Waals surface area contributed by atoms with E-state index in [9.17, 15) is 4.79 Å². The number of nitrogens with two attached hydrogens (primary N) is 1. The highest BCUT2D eigenvalue weighted by Crippen LogP contribution is 2.28. The zero-order valence-corrected chi connectivity index (χ0v) is 10.5. The molecule has 0 saturated carbocycles. The Kier molecular flexibility index (Phi) is 3.37. The van der Waals surface area contributed by atoms with Crippen molar-refractivity contribution >= 4 is 5.69 Å². The van der Waals surface area contributed by atoms with Crippen LogP contribution in [0.5, 0.6) is 5.75 Å². The van der Waals surface area contributed by atoms with E-state index in [-0.39, 0.29) is 11.2 Å². The number of benzene rings is 1. The molecule has 0 aliphatic heterocycles. The van der Waals surface area contributed by atoms with Crippen molar-refractivity contribution < 1.29 is 4.74 Å². The monoisotopic (exact) mass is 244 g/mol. The van der Waals surface area contributed by atoms with Crippen molar-refractivity contribution in [3.8, 4) is 17.0 Å². The molecule has 94 valence electrons. The van der Waals surface area contributed by atoms with Gasteiger partial charge in [-0.05, 0) is 31.2 Å². The molecule has 4 heteroatoms. The van der Waals surface area contributed by atoms with Gasteiger partial charge in [0, 0.05) is 12.1 Å². The predicted octanol–water partition coefficient (Wildman–Crippen LogP) is 2.13. The minimum atomic E-state index is -0.166. The van der Waals surface area contributed by atoms with E-state index >= 15 is 0 Å². The van der Waals surface area contributed by atoms with Gasteiger partial charge < -0.3 is 15.0 Å². The molecule has 1 aromatic carbocycles. The van der Waals surface area contributed by atoms with Crippen LogP contribution in [0, 0.1) is 0 Å². The third-order valence-electron chi connectivity index (χ3n) is 2.90. The van der Waals surface area contributed by atoms with Gasteiger partial charge in [0.15, 0.2) is 0 Å². The van der Waals surface area contributed by atoms with Crippen LogP contribution in [0.25, 0.3) is 11.3 Å². The number of para-hydroxylation sites is 1. The Morgan fingerprint density at radius 2 is 1.94 bits per heavy atom. The number of nitrogen functional groups attached to an aromatic ring is 1. The molecule has 0 saturated heterocycles. The normalized spacial score (nSPS) is 10.3. The number of methoxy groups -OCH3 is 1. The van der Waals surface area contributed by atoms with Crippen molar-refractivity contribution in [3.05, 3.63) is 46.8 Å². The van der Waals surface area contributed by atoms with Gasteiger partial charge in [0.2, 0.25) is 0 Å². The second-order valence-electron chi connectivity index (χ2n) is 3.92. The number of rotatable bonds is 3. The molecule has 0 bridgehead atoms. The summed E-state index contributed by atoms with van der Waals surface area (Å²) in [6, 6.07) is 11.1.